The van der Waals surface area contributed by atoms with Gasteiger partial charge in [0.1, 0.15) is 11.7 Å². The first-order chi connectivity index (χ1) is 19.3. The molecule has 218 valence electrons. The number of ether oxygens (including phenoxy) is 1. The lowest BCUT2D eigenvalue weighted by Gasteiger charge is -2.48. The summed E-state index contributed by atoms with van der Waals surface area (Å²) in [5, 5.41) is 39.3. The van der Waals surface area contributed by atoms with Crippen molar-refractivity contribution < 1.29 is 29.6 Å². The van der Waals surface area contributed by atoms with Gasteiger partial charge in [-0.05, 0) is 67.1 Å². The molecule has 6 rings (SSSR count). The van der Waals surface area contributed by atoms with Crippen molar-refractivity contribution in [3.8, 4) is 0 Å². The lowest BCUT2D eigenvalue weighted by Crippen LogP contribution is -2.65. The largest absolute Gasteiger partial charge is 0.451 e. The number of aliphatic hydroxyl groups excluding tert-OH is 2. The predicted molar refractivity (Wildman–Crippen MR) is 152 cm³/mol. The number of carbonyl (C=O) groups is 2. The third-order valence-corrected chi connectivity index (χ3v) is 10.9. The fourth-order valence-electron chi connectivity index (χ4n) is 8.66. The van der Waals surface area contributed by atoms with Crippen molar-refractivity contribution >= 4 is 11.8 Å². The number of carbonyl (C=O) groups excluding carboxylic acids is 2. The maximum atomic E-state index is 14.5. The molecule has 8 atom stereocenters. The molecule has 8 heteroatoms. The predicted octanol–water partition coefficient (Wildman–Crippen LogP) is 3.54. The SMILES string of the molecule is CC1=C[C@]23C(=O)[C@@H](C=C(CO)[C@@H](O)[C@]2(O)[C@H]1OC(=O)c1c(C)nn(Cc2ccccc2)c1C)[C@H]1[C@@H](C[C@H]3C)C1(C)C. The first kappa shape index (κ1) is 28.1. The van der Waals surface area contributed by atoms with E-state index < -0.39 is 41.7 Å². The highest BCUT2D eigenvalue weighted by Crippen LogP contribution is 2.71. The Bertz CT molecular complexity index is 1490. The minimum Gasteiger partial charge on any atom is -0.451 e. The normalized spacial score (nSPS) is 36.9. The number of hydrogen-bond donors (Lipinski definition) is 3. The second-order valence-electron chi connectivity index (χ2n) is 13.3. The molecular formula is C33H40N2O6. The van der Waals surface area contributed by atoms with Crippen molar-refractivity contribution in [2.24, 2.45) is 34.5 Å². The van der Waals surface area contributed by atoms with Gasteiger partial charge >= 0.3 is 5.97 Å². The van der Waals surface area contributed by atoms with Crippen LogP contribution < -0.4 is 0 Å². The topological polar surface area (TPSA) is 122 Å². The van der Waals surface area contributed by atoms with Crippen molar-refractivity contribution in [3.63, 3.8) is 0 Å². The lowest BCUT2D eigenvalue weighted by atomic mass is 9.59. The van der Waals surface area contributed by atoms with Gasteiger partial charge in [-0.15, -0.1) is 0 Å². The Balaban J connectivity index is 1.39. The van der Waals surface area contributed by atoms with Gasteiger partial charge in [0.2, 0.25) is 0 Å². The zero-order valence-electron chi connectivity index (χ0n) is 24.6. The van der Waals surface area contributed by atoms with E-state index in [1.807, 2.05) is 37.3 Å². The molecule has 2 aromatic rings. The molecule has 0 unspecified atom stereocenters. The van der Waals surface area contributed by atoms with Crippen LogP contribution in [0.4, 0.5) is 0 Å². The number of ketones is 1. The highest BCUT2D eigenvalue weighted by Gasteiger charge is 2.76. The van der Waals surface area contributed by atoms with E-state index in [-0.39, 0.29) is 34.5 Å². The van der Waals surface area contributed by atoms with Gasteiger partial charge < -0.3 is 20.1 Å². The van der Waals surface area contributed by atoms with E-state index in [0.29, 0.717) is 35.5 Å². The molecule has 4 aliphatic carbocycles. The number of allylic oxidation sites excluding steroid dienone is 1. The van der Waals surface area contributed by atoms with Crippen LogP contribution in [-0.4, -0.2) is 61.3 Å². The van der Waals surface area contributed by atoms with E-state index in [4.69, 9.17) is 4.74 Å². The molecule has 1 heterocycles. The minimum atomic E-state index is -2.17. The summed E-state index contributed by atoms with van der Waals surface area (Å²) in [5.74, 6) is -1.39. The molecule has 8 nitrogen and oxygen atoms in total. The van der Waals surface area contributed by atoms with Crippen LogP contribution in [0, 0.1) is 48.3 Å². The Kier molecular flexibility index (Phi) is 6.31. The number of aromatic nitrogens is 2. The van der Waals surface area contributed by atoms with Crippen molar-refractivity contribution in [2.45, 2.75) is 72.3 Å². The number of hydrogen-bond acceptors (Lipinski definition) is 7. The molecule has 2 fully saturated rings. The van der Waals surface area contributed by atoms with E-state index in [1.54, 1.807) is 37.6 Å². The number of aliphatic hydroxyl groups is 3. The summed E-state index contributed by atoms with van der Waals surface area (Å²) in [4.78, 5) is 28.4. The Hall–Kier alpha value is -3.07. The zero-order chi connectivity index (χ0) is 29.6. The van der Waals surface area contributed by atoms with Crippen LogP contribution in [0.2, 0.25) is 0 Å². The van der Waals surface area contributed by atoms with Gasteiger partial charge in [0.05, 0.1) is 30.0 Å². The van der Waals surface area contributed by atoms with Crippen LogP contribution in [0.1, 0.15) is 61.4 Å². The highest BCUT2D eigenvalue weighted by atomic mass is 16.6. The second kappa shape index (κ2) is 9.21. The third kappa shape index (κ3) is 3.66. The number of rotatable bonds is 5. The summed E-state index contributed by atoms with van der Waals surface area (Å²) >= 11 is 0. The number of fused-ring (bicyclic) bond motifs is 3. The molecule has 1 spiro atoms. The summed E-state index contributed by atoms with van der Waals surface area (Å²) in [7, 11) is 0. The smallest absolute Gasteiger partial charge is 0.342 e. The van der Waals surface area contributed by atoms with Crippen LogP contribution in [0.25, 0.3) is 0 Å². The molecule has 0 aliphatic heterocycles. The number of Topliss-reactive ketones (excluding diaryl/α,β-unsaturated/α-hetero) is 1. The fraction of sp³-hybridized carbons (Fsp3) is 0.545. The van der Waals surface area contributed by atoms with E-state index in [0.717, 1.165) is 5.56 Å². The molecule has 0 radical (unpaired) electrons. The van der Waals surface area contributed by atoms with Gasteiger partial charge in [-0.3, -0.25) is 9.48 Å². The highest BCUT2D eigenvalue weighted by molar-refractivity contribution is 5.96. The number of aryl methyl sites for hydroxylation is 1. The first-order valence-corrected chi connectivity index (χ1v) is 14.5. The zero-order valence-corrected chi connectivity index (χ0v) is 24.6. The Labute approximate surface area is 240 Å². The van der Waals surface area contributed by atoms with E-state index in [9.17, 15) is 24.9 Å². The van der Waals surface area contributed by atoms with Crippen LogP contribution in [-0.2, 0) is 16.1 Å². The van der Waals surface area contributed by atoms with Crippen molar-refractivity contribution in [1.29, 1.82) is 0 Å². The second-order valence-corrected chi connectivity index (χ2v) is 13.3. The molecule has 4 aliphatic rings. The molecular weight excluding hydrogens is 520 g/mol. The van der Waals surface area contributed by atoms with Crippen molar-refractivity contribution in [1.82, 2.24) is 9.78 Å². The molecule has 1 aromatic heterocycles. The summed E-state index contributed by atoms with van der Waals surface area (Å²) in [5.41, 5.74) is -0.556. The van der Waals surface area contributed by atoms with Crippen molar-refractivity contribution in [2.75, 3.05) is 6.61 Å². The molecule has 0 saturated heterocycles. The summed E-state index contributed by atoms with van der Waals surface area (Å²) in [6.07, 6.45) is 1.24. The molecule has 0 amide bonds. The molecule has 41 heavy (non-hydrogen) atoms. The van der Waals surface area contributed by atoms with Gasteiger partial charge in [-0.25, -0.2) is 4.79 Å². The fourth-order valence-corrected chi connectivity index (χ4v) is 8.66. The van der Waals surface area contributed by atoms with Gasteiger partial charge in [0, 0.05) is 5.92 Å². The lowest BCUT2D eigenvalue weighted by molar-refractivity contribution is -0.190. The summed E-state index contributed by atoms with van der Waals surface area (Å²) in [6.45, 7) is 11.5. The number of nitrogens with zero attached hydrogens (tertiary/aromatic N) is 2. The van der Waals surface area contributed by atoms with E-state index in [1.165, 1.54) is 0 Å². The maximum Gasteiger partial charge on any atom is 0.342 e. The number of benzene rings is 1. The van der Waals surface area contributed by atoms with E-state index in [2.05, 4.69) is 18.9 Å². The van der Waals surface area contributed by atoms with Gasteiger partial charge in [0.25, 0.3) is 0 Å². The Morgan fingerprint density at radius 1 is 1.17 bits per heavy atom. The Morgan fingerprint density at radius 3 is 2.51 bits per heavy atom. The van der Waals surface area contributed by atoms with Gasteiger partial charge in [-0.2, -0.15) is 5.10 Å². The van der Waals surface area contributed by atoms with Crippen LogP contribution >= 0.6 is 0 Å². The molecule has 2 saturated carbocycles. The van der Waals surface area contributed by atoms with Gasteiger partial charge in [0.15, 0.2) is 17.5 Å². The third-order valence-electron chi connectivity index (χ3n) is 10.9. The monoisotopic (exact) mass is 560 g/mol. The molecule has 3 N–H and O–H groups in total. The van der Waals surface area contributed by atoms with E-state index >= 15 is 0 Å². The van der Waals surface area contributed by atoms with Crippen LogP contribution in [0.3, 0.4) is 0 Å². The van der Waals surface area contributed by atoms with Crippen LogP contribution in [0.15, 0.2) is 53.6 Å². The quantitative estimate of drug-likeness (QED) is 0.378. The minimum absolute atomic E-state index is 0.0567. The summed E-state index contributed by atoms with van der Waals surface area (Å²) in [6, 6.07) is 9.80. The average Bonchev–Trinajstić information content (AvgIpc) is 3.27. The molecule has 2 bridgehead atoms. The summed E-state index contributed by atoms with van der Waals surface area (Å²) < 4.78 is 7.84. The first-order valence-electron chi connectivity index (χ1n) is 14.5. The standard InChI is InChI=1S/C33H40N2O6/c1-17-14-32-18(2)12-24-26(31(24,5)6)23(28(32)38)13-22(16-36)27(37)33(32,40)29(17)41-30(39)25-19(3)34-35(20(25)4)15-21-10-8-7-9-11-21/h7-11,13-14,18,23-24,26-27,29,36-37,40H,12,15-16H2,1-6H3/t18-,23+,24-,26+,27-,29+,32+,33+/m1/s1. The maximum absolute atomic E-state index is 14.5. The Morgan fingerprint density at radius 2 is 1.85 bits per heavy atom. The van der Waals surface area contributed by atoms with Gasteiger partial charge in [-0.1, -0.05) is 63.3 Å². The van der Waals surface area contributed by atoms with Crippen molar-refractivity contribution in [3.05, 3.63) is 76.1 Å². The molecule has 1 aromatic carbocycles. The van der Waals surface area contributed by atoms with Crippen LogP contribution in [0.5, 0.6) is 0 Å². The number of esters is 1. The average molecular weight is 561 g/mol.